The zero-order valence-corrected chi connectivity index (χ0v) is 15.7. The predicted molar refractivity (Wildman–Crippen MR) is 90.8 cm³/mol. The summed E-state index contributed by atoms with van der Waals surface area (Å²) in [6.07, 6.45) is -4.82. The van der Waals surface area contributed by atoms with Crippen molar-refractivity contribution < 1.29 is 31.8 Å². The minimum Gasteiger partial charge on any atom is -0.456 e. The minimum absolute atomic E-state index is 0.0334. The summed E-state index contributed by atoms with van der Waals surface area (Å²) in [6, 6.07) is 6.77. The molecule has 0 aromatic heterocycles. The maximum atomic E-state index is 13.9. The van der Waals surface area contributed by atoms with Crippen molar-refractivity contribution in [2.45, 2.75) is 32.5 Å². The van der Waals surface area contributed by atoms with Crippen LogP contribution in [0.1, 0.15) is 36.7 Å². The zero-order valence-electron chi connectivity index (χ0n) is 14.1. The van der Waals surface area contributed by atoms with Crippen molar-refractivity contribution >= 4 is 21.9 Å². The maximum Gasteiger partial charge on any atom is 0.420 e. The van der Waals surface area contributed by atoms with Crippen molar-refractivity contribution in [3.63, 3.8) is 0 Å². The summed E-state index contributed by atoms with van der Waals surface area (Å²) in [4.78, 5) is 12.5. The van der Waals surface area contributed by atoms with Gasteiger partial charge < -0.3 is 9.47 Å². The van der Waals surface area contributed by atoms with Gasteiger partial charge in [0.05, 0.1) is 5.56 Å². The van der Waals surface area contributed by atoms with E-state index in [0.717, 1.165) is 24.3 Å². The monoisotopic (exact) mass is 434 g/mol. The molecule has 0 spiro atoms. The van der Waals surface area contributed by atoms with Crippen molar-refractivity contribution in [3.8, 4) is 11.5 Å². The van der Waals surface area contributed by atoms with E-state index in [2.05, 4.69) is 15.9 Å². The van der Waals surface area contributed by atoms with Crippen LogP contribution in [0, 0.1) is 5.82 Å². The first-order chi connectivity index (χ1) is 11.9. The number of benzene rings is 2. The number of alkyl halides is 3. The molecular weight excluding hydrogens is 420 g/mol. The number of rotatable bonds is 3. The van der Waals surface area contributed by atoms with Crippen LogP contribution in [0.5, 0.6) is 11.5 Å². The number of ether oxygens (including phenoxy) is 2. The van der Waals surface area contributed by atoms with Crippen LogP contribution in [0.25, 0.3) is 0 Å². The molecule has 3 nitrogen and oxygen atoms in total. The van der Waals surface area contributed by atoms with Crippen molar-refractivity contribution in [1.29, 1.82) is 0 Å². The molecule has 8 heteroatoms. The quantitative estimate of drug-likeness (QED) is 0.416. The number of hydrogen-bond donors (Lipinski definition) is 0. The number of para-hydroxylation sites is 1. The molecule has 0 saturated heterocycles. The van der Waals surface area contributed by atoms with E-state index < -0.39 is 46.2 Å². The SMILES string of the molecule is CC(C)(C)OC(=O)c1c(Br)ccc(C(F)(F)F)c1Oc1ccccc1F. The third-order valence-electron chi connectivity index (χ3n) is 3.06. The van der Waals surface area contributed by atoms with Gasteiger partial charge in [-0.3, -0.25) is 0 Å². The van der Waals surface area contributed by atoms with Gasteiger partial charge in [-0.1, -0.05) is 12.1 Å². The molecule has 0 bridgehead atoms. The van der Waals surface area contributed by atoms with Gasteiger partial charge in [-0.05, 0) is 61.0 Å². The van der Waals surface area contributed by atoms with Gasteiger partial charge in [0, 0.05) is 4.47 Å². The molecule has 0 aliphatic rings. The Labute approximate surface area is 156 Å². The lowest BCUT2D eigenvalue weighted by atomic mass is 10.1. The number of halogens is 5. The molecule has 0 heterocycles. The molecule has 140 valence electrons. The first kappa shape index (κ1) is 20.2. The average molecular weight is 435 g/mol. The van der Waals surface area contributed by atoms with Gasteiger partial charge in [0.25, 0.3) is 0 Å². The third-order valence-corrected chi connectivity index (χ3v) is 3.72. The Morgan fingerprint density at radius 3 is 2.19 bits per heavy atom. The van der Waals surface area contributed by atoms with E-state index in [4.69, 9.17) is 9.47 Å². The molecule has 0 N–H and O–H groups in total. The van der Waals surface area contributed by atoms with Crippen molar-refractivity contribution in [1.82, 2.24) is 0 Å². The van der Waals surface area contributed by atoms with E-state index in [0.29, 0.717) is 0 Å². The van der Waals surface area contributed by atoms with Gasteiger partial charge in [-0.15, -0.1) is 0 Å². The molecule has 0 unspecified atom stereocenters. The van der Waals surface area contributed by atoms with Crippen molar-refractivity contribution in [2.75, 3.05) is 0 Å². The van der Waals surface area contributed by atoms with Gasteiger partial charge in [0.15, 0.2) is 17.3 Å². The lowest BCUT2D eigenvalue weighted by Gasteiger charge is -2.22. The van der Waals surface area contributed by atoms with Gasteiger partial charge >= 0.3 is 12.1 Å². The van der Waals surface area contributed by atoms with Gasteiger partial charge in [0.2, 0.25) is 0 Å². The molecule has 0 amide bonds. The highest BCUT2D eigenvalue weighted by Crippen LogP contribution is 2.43. The highest BCUT2D eigenvalue weighted by Gasteiger charge is 2.38. The Balaban J connectivity index is 2.66. The molecule has 0 aliphatic carbocycles. The first-order valence-electron chi connectivity index (χ1n) is 7.45. The van der Waals surface area contributed by atoms with E-state index in [1.54, 1.807) is 20.8 Å². The Morgan fingerprint density at radius 1 is 1.04 bits per heavy atom. The normalized spacial score (nSPS) is 12.0. The van der Waals surface area contributed by atoms with E-state index in [9.17, 15) is 22.4 Å². The van der Waals surface area contributed by atoms with Crippen LogP contribution in [0.2, 0.25) is 0 Å². The molecule has 2 rings (SSSR count). The fourth-order valence-corrected chi connectivity index (χ4v) is 2.52. The Morgan fingerprint density at radius 2 is 1.65 bits per heavy atom. The Hall–Kier alpha value is -2.09. The number of hydrogen-bond acceptors (Lipinski definition) is 3. The van der Waals surface area contributed by atoms with Crippen LogP contribution in [0.3, 0.4) is 0 Å². The van der Waals surface area contributed by atoms with Gasteiger partial charge in [-0.25, -0.2) is 9.18 Å². The summed E-state index contributed by atoms with van der Waals surface area (Å²) in [5.74, 6) is -3.16. The number of carbonyl (C=O) groups excluding carboxylic acids is 1. The van der Waals surface area contributed by atoms with Gasteiger partial charge in [-0.2, -0.15) is 13.2 Å². The van der Waals surface area contributed by atoms with E-state index in [1.807, 2.05) is 0 Å². The Kier molecular flexibility index (Phi) is 5.65. The van der Waals surface area contributed by atoms with Crippen LogP contribution in [-0.4, -0.2) is 11.6 Å². The molecule has 0 saturated carbocycles. The summed E-state index contributed by atoms with van der Waals surface area (Å²) in [6.45, 7) is 4.72. The predicted octanol–water partition coefficient (Wildman–Crippen LogP) is 6.35. The smallest absolute Gasteiger partial charge is 0.420 e. The number of esters is 1. The molecule has 0 aliphatic heterocycles. The first-order valence-corrected chi connectivity index (χ1v) is 8.25. The van der Waals surface area contributed by atoms with E-state index >= 15 is 0 Å². The second kappa shape index (κ2) is 7.26. The van der Waals surface area contributed by atoms with Crippen molar-refractivity contribution in [3.05, 3.63) is 57.8 Å². The summed E-state index contributed by atoms with van der Waals surface area (Å²) >= 11 is 3.05. The van der Waals surface area contributed by atoms with Gasteiger partial charge in [0.1, 0.15) is 11.2 Å². The van der Waals surface area contributed by atoms with E-state index in [-0.39, 0.29) is 4.47 Å². The van der Waals surface area contributed by atoms with Crippen molar-refractivity contribution in [2.24, 2.45) is 0 Å². The lowest BCUT2D eigenvalue weighted by molar-refractivity contribution is -0.138. The summed E-state index contributed by atoms with van der Waals surface area (Å²) in [7, 11) is 0. The second-order valence-electron chi connectivity index (χ2n) is 6.33. The highest BCUT2D eigenvalue weighted by atomic mass is 79.9. The zero-order chi connectivity index (χ0) is 19.7. The lowest BCUT2D eigenvalue weighted by Crippen LogP contribution is -2.25. The number of carbonyl (C=O) groups is 1. The molecule has 26 heavy (non-hydrogen) atoms. The standard InChI is InChI=1S/C18H15BrF4O3/c1-17(2,3)26-16(24)14-11(19)9-8-10(18(21,22)23)15(14)25-13-7-5-4-6-12(13)20/h4-9H,1-3H3. The molecular formula is C18H15BrF4O3. The average Bonchev–Trinajstić information content (AvgIpc) is 2.46. The minimum atomic E-state index is -4.82. The second-order valence-corrected chi connectivity index (χ2v) is 7.19. The highest BCUT2D eigenvalue weighted by molar-refractivity contribution is 9.10. The molecule has 0 radical (unpaired) electrons. The van der Waals surface area contributed by atoms with Crippen LogP contribution < -0.4 is 4.74 Å². The van der Waals surface area contributed by atoms with E-state index in [1.165, 1.54) is 12.1 Å². The van der Waals surface area contributed by atoms with Crippen LogP contribution >= 0.6 is 15.9 Å². The third kappa shape index (κ3) is 4.75. The van der Waals surface area contributed by atoms with Crippen LogP contribution in [-0.2, 0) is 10.9 Å². The molecule has 0 fully saturated rings. The summed E-state index contributed by atoms with van der Waals surface area (Å²) in [5.41, 5.74) is -2.64. The summed E-state index contributed by atoms with van der Waals surface area (Å²) < 4.78 is 64.5. The maximum absolute atomic E-state index is 13.9. The Bertz CT molecular complexity index is 826. The van der Waals surface area contributed by atoms with Crippen LogP contribution in [0.15, 0.2) is 40.9 Å². The molecule has 0 atom stereocenters. The largest absolute Gasteiger partial charge is 0.456 e. The fraction of sp³-hybridized carbons (Fsp3) is 0.278. The van der Waals surface area contributed by atoms with Crippen LogP contribution in [0.4, 0.5) is 17.6 Å². The topological polar surface area (TPSA) is 35.5 Å². The molecule has 2 aromatic carbocycles. The fourth-order valence-electron chi connectivity index (χ4n) is 2.04. The molecule has 2 aromatic rings. The summed E-state index contributed by atoms with van der Waals surface area (Å²) in [5, 5.41) is 0.